The number of halogens is 1. The molecule has 238 valence electrons. The second-order valence-corrected chi connectivity index (χ2v) is 14.9. The highest BCUT2D eigenvalue weighted by molar-refractivity contribution is 6.32. The lowest BCUT2D eigenvalue weighted by Gasteiger charge is -2.36. The van der Waals surface area contributed by atoms with Crippen LogP contribution in [-0.4, -0.2) is 5.60 Å². The highest BCUT2D eigenvalue weighted by Gasteiger charge is 2.41. The minimum atomic E-state index is -0.894. The van der Waals surface area contributed by atoms with Crippen molar-refractivity contribution in [2.75, 3.05) is 4.90 Å². The van der Waals surface area contributed by atoms with E-state index in [1.165, 1.54) is 22.5 Å². The molecule has 5 rings (SSSR count). The van der Waals surface area contributed by atoms with Crippen molar-refractivity contribution in [2.45, 2.75) is 78.9 Å². The summed E-state index contributed by atoms with van der Waals surface area (Å²) in [5.41, 5.74) is 6.58. The number of nitrogens with zero attached hydrogens (tertiary/aromatic N) is 4. The third-order valence-corrected chi connectivity index (χ3v) is 10.1. The quantitative estimate of drug-likeness (QED) is 0.304. The van der Waals surface area contributed by atoms with Crippen LogP contribution in [-0.2, 0) is 16.7 Å². The van der Waals surface area contributed by atoms with E-state index >= 15 is 0 Å². The molecule has 5 nitrogen and oxygen atoms in total. The second-order valence-electron chi connectivity index (χ2n) is 14.5. The number of para-hydroxylation sites is 1. The van der Waals surface area contributed by atoms with Gasteiger partial charge >= 0.3 is 0 Å². The lowest BCUT2D eigenvalue weighted by Crippen LogP contribution is -2.26. The lowest BCUT2D eigenvalue weighted by molar-refractivity contribution is 0.0954. The summed E-state index contributed by atoms with van der Waals surface area (Å²) in [5.74, 6) is 0.367. The summed E-state index contributed by atoms with van der Waals surface area (Å²) in [6, 6.07) is 25.1. The van der Waals surface area contributed by atoms with Crippen LogP contribution in [0, 0.1) is 45.3 Å². The molecule has 2 aromatic carbocycles. The molecule has 0 saturated carbocycles. The summed E-state index contributed by atoms with van der Waals surface area (Å²) in [5, 5.41) is 29.7. The molecule has 0 bridgehead atoms. The molecule has 0 fully saturated rings. The topological polar surface area (TPSA) is 83.8 Å². The van der Waals surface area contributed by atoms with Crippen LogP contribution in [0.4, 0.5) is 5.69 Å². The van der Waals surface area contributed by atoms with Gasteiger partial charge < -0.3 is 9.64 Å². The van der Waals surface area contributed by atoms with Gasteiger partial charge in [-0.1, -0.05) is 113 Å². The van der Waals surface area contributed by atoms with Gasteiger partial charge in [0.05, 0.1) is 0 Å². The summed E-state index contributed by atoms with van der Waals surface area (Å²) < 4.78 is 5.98. The molecule has 6 heteroatoms. The van der Waals surface area contributed by atoms with Gasteiger partial charge in [-0.25, -0.2) is 0 Å². The van der Waals surface area contributed by atoms with E-state index in [1.54, 1.807) is 0 Å². The molecule has 0 amide bonds. The Hall–Kier alpha value is -4.76. The van der Waals surface area contributed by atoms with Gasteiger partial charge in [0.1, 0.15) is 29.4 Å². The van der Waals surface area contributed by atoms with Gasteiger partial charge in [0.2, 0.25) is 0 Å². The molecular weight excluding hydrogens is 600 g/mol. The van der Waals surface area contributed by atoms with Crippen molar-refractivity contribution in [1.82, 2.24) is 0 Å². The van der Waals surface area contributed by atoms with Crippen molar-refractivity contribution in [3.8, 4) is 18.2 Å². The molecule has 0 spiro atoms. The molecule has 47 heavy (non-hydrogen) atoms. The third-order valence-electron chi connectivity index (χ3n) is 9.66. The fraction of sp³-hybridized carbons (Fsp3) is 0.341. The smallest absolute Gasteiger partial charge is 0.172 e. The number of fused-ring (bicyclic) bond motifs is 1. The van der Waals surface area contributed by atoms with Crippen molar-refractivity contribution in [2.24, 2.45) is 11.3 Å². The molecule has 0 aromatic heterocycles. The van der Waals surface area contributed by atoms with Crippen LogP contribution >= 0.6 is 11.6 Å². The van der Waals surface area contributed by atoms with E-state index in [-0.39, 0.29) is 27.7 Å². The molecule has 1 unspecified atom stereocenters. The molecule has 1 aliphatic carbocycles. The predicted octanol–water partition coefficient (Wildman–Crippen LogP) is 10.2. The number of nitriles is 3. The standard InChI is InChI=1S/C41H41ClN4O/c1-39(2,3)31-21-28(17-19-33-32(25-45)38(30(23-43)24-44)47-41(33,6)7)37(42)29(22-31)18-20-36-40(4,5)34-15-11-12-16-35(34)46(36)26-27-13-9-8-10-14-27/h8-20,31H,21-22,26H2,1-7H3. The van der Waals surface area contributed by atoms with E-state index < -0.39 is 5.60 Å². The third kappa shape index (κ3) is 6.45. The number of benzene rings is 2. The van der Waals surface area contributed by atoms with Crippen LogP contribution in [0.5, 0.6) is 0 Å². The van der Waals surface area contributed by atoms with Crippen molar-refractivity contribution in [3.05, 3.63) is 134 Å². The molecule has 1 atom stereocenters. The Labute approximate surface area is 284 Å². The van der Waals surface area contributed by atoms with E-state index in [0.29, 0.717) is 16.5 Å². The predicted molar refractivity (Wildman–Crippen MR) is 189 cm³/mol. The number of rotatable bonds is 5. The molecule has 0 N–H and O–H groups in total. The van der Waals surface area contributed by atoms with Crippen molar-refractivity contribution in [1.29, 1.82) is 15.8 Å². The maximum absolute atomic E-state index is 10.0. The minimum absolute atomic E-state index is 0.0301. The van der Waals surface area contributed by atoms with Crippen molar-refractivity contribution in [3.63, 3.8) is 0 Å². The van der Waals surface area contributed by atoms with E-state index in [2.05, 4.69) is 106 Å². The van der Waals surface area contributed by atoms with E-state index in [1.807, 2.05) is 44.2 Å². The largest absolute Gasteiger partial charge is 0.480 e. The average molecular weight is 641 g/mol. The van der Waals surface area contributed by atoms with Crippen LogP contribution in [0.3, 0.4) is 0 Å². The second kappa shape index (κ2) is 12.8. The highest BCUT2D eigenvalue weighted by Crippen LogP contribution is 2.49. The first-order valence-electron chi connectivity index (χ1n) is 16.0. The van der Waals surface area contributed by atoms with E-state index in [0.717, 1.165) is 30.5 Å². The van der Waals surface area contributed by atoms with E-state index in [4.69, 9.17) is 16.3 Å². The molecular formula is C41H41ClN4O. The molecule has 0 radical (unpaired) electrons. The first kappa shape index (κ1) is 33.6. The van der Waals surface area contributed by atoms with Crippen molar-refractivity contribution >= 4 is 17.3 Å². The summed E-state index contributed by atoms with van der Waals surface area (Å²) in [6.07, 6.45) is 9.93. The SMILES string of the molecule is CC1(C)OC(=C(C#N)C#N)C(C#N)=C1C=CC1=C(Cl)C(=CC=C2N(Cc3ccccc3)c3ccccc3C2(C)C)CC(C(C)(C)C)C1. The Morgan fingerprint density at radius 1 is 0.936 bits per heavy atom. The summed E-state index contributed by atoms with van der Waals surface area (Å²) in [4.78, 5) is 2.42. The zero-order valence-electron chi connectivity index (χ0n) is 28.3. The maximum atomic E-state index is 10.0. The normalized spacial score (nSPS) is 21.9. The number of hydrogen-bond acceptors (Lipinski definition) is 5. The maximum Gasteiger partial charge on any atom is 0.172 e. The van der Waals surface area contributed by atoms with Crippen molar-refractivity contribution < 1.29 is 4.74 Å². The van der Waals surface area contributed by atoms with Gasteiger partial charge in [0.15, 0.2) is 11.3 Å². The monoisotopic (exact) mass is 640 g/mol. The molecule has 2 aliphatic heterocycles. The number of anilines is 1. The molecule has 2 heterocycles. The van der Waals surface area contributed by atoms with Gasteiger partial charge in [0.25, 0.3) is 0 Å². The fourth-order valence-electron chi connectivity index (χ4n) is 6.81. The van der Waals surface area contributed by atoms with Crippen LogP contribution in [0.25, 0.3) is 0 Å². The fourth-order valence-corrected chi connectivity index (χ4v) is 7.09. The Kier molecular flexibility index (Phi) is 9.15. The first-order valence-corrected chi connectivity index (χ1v) is 16.4. The van der Waals surface area contributed by atoms with E-state index in [9.17, 15) is 15.8 Å². The molecule has 0 saturated heterocycles. The zero-order chi connectivity index (χ0) is 34.1. The molecule has 2 aromatic rings. The van der Waals surface area contributed by atoms with Gasteiger partial charge in [0, 0.05) is 33.9 Å². The Balaban J connectivity index is 1.60. The van der Waals surface area contributed by atoms with Gasteiger partial charge in [-0.3, -0.25) is 0 Å². The van der Waals surface area contributed by atoms with Gasteiger partial charge in [-0.05, 0) is 72.4 Å². The summed E-state index contributed by atoms with van der Waals surface area (Å²) >= 11 is 7.24. The number of allylic oxidation sites excluding steroid dienone is 9. The summed E-state index contributed by atoms with van der Waals surface area (Å²) in [7, 11) is 0. The van der Waals surface area contributed by atoms with Gasteiger partial charge in [-0.15, -0.1) is 0 Å². The zero-order valence-corrected chi connectivity index (χ0v) is 29.0. The molecule has 3 aliphatic rings. The van der Waals surface area contributed by atoms with Gasteiger partial charge in [-0.2, -0.15) is 15.8 Å². The minimum Gasteiger partial charge on any atom is -0.480 e. The summed E-state index contributed by atoms with van der Waals surface area (Å²) in [6.45, 7) is 15.8. The van der Waals surface area contributed by atoms with Crippen LogP contribution in [0.1, 0.15) is 72.4 Å². The lowest BCUT2D eigenvalue weighted by atomic mass is 9.70. The van der Waals surface area contributed by atoms with Crippen LogP contribution in [0.2, 0.25) is 0 Å². The van der Waals surface area contributed by atoms with Crippen LogP contribution in [0.15, 0.2) is 123 Å². The number of hydrogen-bond donors (Lipinski definition) is 0. The Morgan fingerprint density at radius 3 is 2.23 bits per heavy atom. The Morgan fingerprint density at radius 2 is 1.60 bits per heavy atom. The highest BCUT2D eigenvalue weighted by atomic mass is 35.5. The Bertz CT molecular complexity index is 1890. The first-order chi connectivity index (χ1) is 22.2. The number of ether oxygens (including phenoxy) is 1. The average Bonchev–Trinajstić information content (AvgIpc) is 3.41. The van der Waals surface area contributed by atoms with Crippen LogP contribution < -0.4 is 4.90 Å².